The van der Waals surface area contributed by atoms with Crippen LogP contribution in [0.2, 0.25) is 0 Å². The van der Waals surface area contributed by atoms with Gasteiger partial charge in [0.2, 0.25) is 0 Å². The van der Waals surface area contributed by atoms with Gasteiger partial charge in [-0.05, 0) is 80.6 Å². The predicted octanol–water partition coefficient (Wildman–Crippen LogP) is 9.33. The van der Waals surface area contributed by atoms with Gasteiger partial charge in [-0.1, -0.05) is 97.1 Å². The quantitative estimate of drug-likeness (QED) is 0.231. The Balaban J connectivity index is 1.44. The molecule has 0 N–H and O–H groups in total. The molecular formula is C38H24O2. The van der Waals surface area contributed by atoms with Crippen molar-refractivity contribution in [3.63, 3.8) is 0 Å². The molecule has 0 bridgehead atoms. The maximum atomic E-state index is 6.53. The summed E-state index contributed by atoms with van der Waals surface area (Å²) in [5, 5.41) is 9.60. The van der Waals surface area contributed by atoms with E-state index in [-0.39, 0.29) is 0 Å². The molecule has 0 saturated carbocycles. The van der Waals surface area contributed by atoms with Crippen LogP contribution in [0, 0.1) is 0 Å². The molecule has 0 aliphatic heterocycles. The lowest BCUT2D eigenvalue weighted by molar-refractivity contribution is 0.664. The lowest BCUT2D eigenvalue weighted by atomic mass is 9.85. The number of rotatable bonds is 2. The highest BCUT2D eigenvalue weighted by Gasteiger charge is 2.20. The van der Waals surface area contributed by atoms with Crippen molar-refractivity contribution in [3.05, 3.63) is 120 Å². The summed E-state index contributed by atoms with van der Waals surface area (Å²) in [5.74, 6) is 0. The van der Waals surface area contributed by atoms with Crippen LogP contribution in [-0.4, -0.2) is 0 Å². The molecule has 8 aromatic rings. The molecule has 1 aliphatic carbocycles. The summed E-state index contributed by atoms with van der Waals surface area (Å²) in [5.41, 5.74) is 8.62. The molecule has 0 atom stereocenters. The average molecular weight is 513 g/mol. The van der Waals surface area contributed by atoms with Crippen molar-refractivity contribution in [2.45, 2.75) is 12.8 Å². The highest BCUT2D eigenvalue weighted by atomic mass is 16.3. The average Bonchev–Trinajstić information content (AvgIpc) is 3.56. The minimum Gasteiger partial charge on any atom is -0.456 e. The molecule has 6 aromatic carbocycles. The first-order chi connectivity index (χ1) is 19.8. The van der Waals surface area contributed by atoms with E-state index in [9.17, 15) is 0 Å². The van der Waals surface area contributed by atoms with Crippen LogP contribution in [-0.2, 0) is 0 Å². The summed E-state index contributed by atoms with van der Waals surface area (Å²) in [6.45, 7) is 0. The SMILES string of the molecule is C1=c2c(-c3ccccc3)c3ccccc3c(-c3cccc4oc5cc6c(cc5c34)oc3ccccc36)c2=CCC1. The fraction of sp³-hybridized carbons (Fsp3) is 0.0526. The first kappa shape index (κ1) is 21.8. The van der Waals surface area contributed by atoms with Crippen LogP contribution in [0.25, 0.3) is 89.1 Å². The van der Waals surface area contributed by atoms with E-state index in [4.69, 9.17) is 8.83 Å². The Labute approximate surface area is 230 Å². The van der Waals surface area contributed by atoms with Crippen molar-refractivity contribution in [1.82, 2.24) is 0 Å². The smallest absolute Gasteiger partial charge is 0.136 e. The van der Waals surface area contributed by atoms with Crippen molar-refractivity contribution in [3.8, 4) is 22.3 Å². The van der Waals surface area contributed by atoms with Crippen molar-refractivity contribution in [1.29, 1.82) is 0 Å². The second-order valence-corrected chi connectivity index (χ2v) is 10.7. The zero-order chi connectivity index (χ0) is 26.2. The van der Waals surface area contributed by atoms with Crippen LogP contribution >= 0.6 is 0 Å². The fourth-order valence-corrected chi connectivity index (χ4v) is 6.82. The summed E-state index contributed by atoms with van der Waals surface area (Å²) >= 11 is 0. The van der Waals surface area contributed by atoms with Crippen molar-refractivity contribution < 1.29 is 8.83 Å². The number of benzene rings is 6. The molecule has 188 valence electrons. The molecule has 9 rings (SSSR count). The Kier molecular flexibility index (Phi) is 4.48. The molecule has 0 amide bonds. The predicted molar refractivity (Wildman–Crippen MR) is 167 cm³/mol. The van der Waals surface area contributed by atoms with Gasteiger partial charge in [0.25, 0.3) is 0 Å². The summed E-state index contributed by atoms with van der Waals surface area (Å²) in [4.78, 5) is 0. The molecule has 0 radical (unpaired) electrons. The van der Waals surface area contributed by atoms with Crippen LogP contribution < -0.4 is 10.4 Å². The second-order valence-electron chi connectivity index (χ2n) is 10.7. The number of hydrogen-bond donors (Lipinski definition) is 0. The molecule has 2 heterocycles. The maximum Gasteiger partial charge on any atom is 0.136 e. The lowest BCUT2D eigenvalue weighted by Gasteiger charge is -2.18. The summed E-state index contributed by atoms with van der Waals surface area (Å²) < 4.78 is 12.8. The first-order valence-corrected chi connectivity index (χ1v) is 13.9. The Morgan fingerprint density at radius 2 is 1.02 bits per heavy atom. The topological polar surface area (TPSA) is 26.3 Å². The van der Waals surface area contributed by atoms with Crippen LogP contribution in [0.1, 0.15) is 12.8 Å². The molecule has 2 heteroatoms. The van der Waals surface area contributed by atoms with Crippen molar-refractivity contribution >= 4 is 66.8 Å². The molecule has 2 aromatic heterocycles. The zero-order valence-corrected chi connectivity index (χ0v) is 21.8. The largest absolute Gasteiger partial charge is 0.456 e. The zero-order valence-electron chi connectivity index (χ0n) is 21.8. The van der Waals surface area contributed by atoms with E-state index in [1.807, 2.05) is 12.1 Å². The van der Waals surface area contributed by atoms with Crippen LogP contribution in [0.4, 0.5) is 0 Å². The first-order valence-electron chi connectivity index (χ1n) is 13.9. The summed E-state index contributed by atoms with van der Waals surface area (Å²) in [6, 6.07) is 38.7. The van der Waals surface area contributed by atoms with Crippen LogP contribution in [0.15, 0.2) is 118 Å². The summed E-state index contributed by atoms with van der Waals surface area (Å²) in [6.07, 6.45) is 6.95. The maximum absolute atomic E-state index is 6.53. The van der Waals surface area contributed by atoms with Gasteiger partial charge >= 0.3 is 0 Å². The highest BCUT2D eigenvalue weighted by molar-refractivity contribution is 6.20. The van der Waals surface area contributed by atoms with Gasteiger partial charge in [0.1, 0.15) is 22.3 Å². The number of fused-ring (bicyclic) bond motifs is 8. The Hall–Kier alpha value is -5.08. The minimum atomic E-state index is 0.885. The number of furan rings is 2. The monoisotopic (exact) mass is 512 g/mol. The second kappa shape index (κ2) is 8.21. The van der Waals surface area contributed by atoms with E-state index >= 15 is 0 Å². The Morgan fingerprint density at radius 1 is 0.425 bits per heavy atom. The van der Waals surface area contributed by atoms with Gasteiger partial charge in [-0.25, -0.2) is 0 Å². The van der Waals surface area contributed by atoms with Gasteiger partial charge in [0.05, 0.1) is 0 Å². The molecule has 40 heavy (non-hydrogen) atoms. The van der Waals surface area contributed by atoms with Crippen molar-refractivity contribution in [2.24, 2.45) is 0 Å². The van der Waals surface area contributed by atoms with Gasteiger partial charge in [0, 0.05) is 21.5 Å². The van der Waals surface area contributed by atoms with E-state index in [0.29, 0.717) is 0 Å². The molecular weight excluding hydrogens is 488 g/mol. The number of hydrogen-bond acceptors (Lipinski definition) is 2. The van der Waals surface area contributed by atoms with Crippen LogP contribution in [0.5, 0.6) is 0 Å². The van der Waals surface area contributed by atoms with Gasteiger partial charge in [-0.15, -0.1) is 0 Å². The molecule has 0 spiro atoms. The van der Waals surface area contributed by atoms with E-state index in [0.717, 1.165) is 56.7 Å². The van der Waals surface area contributed by atoms with Gasteiger partial charge in [-0.3, -0.25) is 0 Å². The highest BCUT2D eigenvalue weighted by Crippen LogP contribution is 2.42. The molecule has 0 unspecified atom stereocenters. The van der Waals surface area contributed by atoms with E-state index in [1.54, 1.807) is 0 Å². The minimum absolute atomic E-state index is 0.885. The Bertz CT molecular complexity index is 2420. The molecule has 1 aliphatic rings. The van der Waals surface area contributed by atoms with E-state index < -0.39 is 0 Å². The number of para-hydroxylation sites is 1. The normalized spacial score (nSPS) is 13.2. The van der Waals surface area contributed by atoms with Crippen LogP contribution in [0.3, 0.4) is 0 Å². The van der Waals surface area contributed by atoms with E-state index in [2.05, 4.69) is 109 Å². The third-order valence-electron chi connectivity index (χ3n) is 8.48. The third kappa shape index (κ3) is 2.99. The summed E-state index contributed by atoms with van der Waals surface area (Å²) in [7, 11) is 0. The third-order valence-corrected chi connectivity index (χ3v) is 8.48. The molecule has 2 nitrogen and oxygen atoms in total. The van der Waals surface area contributed by atoms with Crippen molar-refractivity contribution in [2.75, 3.05) is 0 Å². The van der Waals surface area contributed by atoms with Gasteiger partial charge < -0.3 is 8.83 Å². The molecule has 0 saturated heterocycles. The lowest BCUT2D eigenvalue weighted by Crippen LogP contribution is -2.31. The Morgan fingerprint density at radius 3 is 1.85 bits per heavy atom. The van der Waals surface area contributed by atoms with Gasteiger partial charge in [0.15, 0.2) is 0 Å². The fourth-order valence-electron chi connectivity index (χ4n) is 6.82. The van der Waals surface area contributed by atoms with E-state index in [1.165, 1.54) is 43.5 Å². The molecule has 0 fully saturated rings. The van der Waals surface area contributed by atoms with Gasteiger partial charge in [-0.2, -0.15) is 0 Å². The standard InChI is InChI=1S/C38H24O2/c1-2-11-23(12-3-1)36-25-14-4-6-16-27(25)37(28-17-7-5-15-26(28)36)29-18-10-20-33-38(29)31-22-34-30(21-35(31)40-33)24-13-8-9-19-32(24)39-34/h1-4,6,8-22H,5,7H2.